The molecule has 0 radical (unpaired) electrons. The third-order valence-electron chi connectivity index (χ3n) is 2.14. The summed E-state index contributed by atoms with van der Waals surface area (Å²) in [6.45, 7) is 4.41. The van der Waals surface area contributed by atoms with Crippen LogP contribution in [0.2, 0.25) is 0 Å². The van der Waals surface area contributed by atoms with E-state index in [2.05, 4.69) is 30.1 Å². The van der Waals surface area contributed by atoms with Gasteiger partial charge >= 0.3 is 0 Å². The van der Waals surface area contributed by atoms with E-state index >= 15 is 0 Å². The van der Waals surface area contributed by atoms with Crippen molar-refractivity contribution in [2.24, 2.45) is 0 Å². The fourth-order valence-electron chi connectivity index (χ4n) is 1.44. The van der Waals surface area contributed by atoms with Crippen molar-refractivity contribution in [3.8, 4) is 0 Å². The fraction of sp³-hybridized carbons (Fsp3) is 0.600. The van der Waals surface area contributed by atoms with Crippen molar-refractivity contribution in [1.29, 1.82) is 0 Å². The Bertz CT molecular complexity index is 208. The van der Waals surface area contributed by atoms with E-state index in [0.29, 0.717) is 5.92 Å². The maximum atomic E-state index is 4.12. The van der Waals surface area contributed by atoms with Crippen LogP contribution in [-0.2, 0) is 0 Å². The Morgan fingerprint density at radius 2 is 2.25 bits per heavy atom. The standard InChI is InChI=1S/C10H16N2/c1-3-6-9(4-2)10-7-5-8-11-12-10/h5,7-9H,3-4,6H2,1-2H3. The molecule has 2 nitrogen and oxygen atoms in total. The maximum Gasteiger partial charge on any atom is 0.0661 e. The SMILES string of the molecule is CCCC(CC)c1cccnn1. The first-order chi connectivity index (χ1) is 5.88. The van der Waals surface area contributed by atoms with E-state index in [1.807, 2.05) is 6.07 Å². The summed E-state index contributed by atoms with van der Waals surface area (Å²) in [5.41, 5.74) is 1.14. The molecule has 0 aliphatic heterocycles. The van der Waals surface area contributed by atoms with Crippen molar-refractivity contribution in [2.45, 2.75) is 39.0 Å². The van der Waals surface area contributed by atoms with Gasteiger partial charge in [-0.25, -0.2) is 0 Å². The Labute approximate surface area is 74.0 Å². The van der Waals surface area contributed by atoms with Crippen molar-refractivity contribution in [1.82, 2.24) is 10.2 Å². The van der Waals surface area contributed by atoms with E-state index in [-0.39, 0.29) is 0 Å². The first-order valence-corrected chi connectivity index (χ1v) is 4.66. The summed E-state index contributed by atoms with van der Waals surface area (Å²) in [4.78, 5) is 0. The molecule has 0 N–H and O–H groups in total. The van der Waals surface area contributed by atoms with Crippen LogP contribution < -0.4 is 0 Å². The Kier molecular flexibility index (Phi) is 3.71. The molecule has 1 heterocycles. The van der Waals surface area contributed by atoms with E-state index in [0.717, 1.165) is 12.1 Å². The van der Waals surface area contributed by atoms with Crippen LogP contribution in [0.5, 0.6) is 0 Å². The number of aromatic nitrogens is 2. The lowest BCUT2D eigenvalue weighted by molar-refractivity contribution is 0.573. The summed E-state index contributed by atoms with van der Waals surface area (Å²) >= 11 is 0. The van der Waals surface area contributed by atoms with E-state index in [1.54, 1.807) is 6.20 Å². The molecule has 0 aromatic carbocycles. The van der Waals surface area contributed by atoms with Gasteiger partial charge in [-0.2, -0.15) is 10.2 Å². The van der Waals surface area contributed by atoms with Crippen molar-refractivity contribution >= 4 is 0 Å². The zero-order chi connectivity index (χ0) is 8.81. The van der Waals surface area contributed by atoms with E-state index in [9.17, 15) is 0 Å². The van der Waals surface area contributed by atoms with Crippen LogP contribution in [0.4, 0.5) is 0 Å². The molecule has 12 heavy (non-hydrogen) atoms. The average Bonchev–Trinajstić information content (AvgIpc) is 2.15. The highest BCUT2D eigenvalue weighted by Gasteiger charge is 2.08. The van der Waals surface area contributed by atoms with Crippen molar-refractivity contribution in [3.05, 3.63) is 24.0 Å². The first-order valence-electron chi connectivity index (χ1n) is 4.66. The van der Waals surface area contributed by atoms with Crippen LogP contribution in [0, 0.1) is 0 Å². The number of hydrogen-bond acceptors (Lipinski definition) is 2. The molecule has 0 amide bonds. The summed E-state index contributed by atoms with van der Waals surface area (Å²) in [7, 11) is 0. The monoisotopic (exact) mass is 164 g/mol. The normalized spacial score (nSPS) is 12.8. The molecule has 1 aromatic heterocycles. The molecule has 1 unspecified atom stereocenters. The Morgan fingerprint density at radius 1 is 1.42 bits per heavy atom. The minimum absolute atomic E-state index is 0.601. The van der Waals surface area contributed by atoms with Gasteiger partial charge in [-0.1, -0.05) is 20.3 Å². The highest BCUT2D eigenvalue weighted by atomic mass is 15.1. The van der Waals surface area contributed by atoms with Crippen LogP contribution in [0.3, 0.4) is 0 Å². The van der Waals surface area contributed by atoms with Gasteiger partial charge in [-0.15, -0.1) is 0 Å². The Hall–Kier alpha value is -0.920. The summed E-state index contributed by atoms with van der Waals surface area (Å²) in [6.07, 6.45) is 5.32. The summed E-state index contributed by atoms with van der Waals surface area (Å²) in [6, 6.07) is 4.03. The average molecular weight is 164 g/mol. The van der Waals surface area contributed by atoms with Gasteiger partial charge < -0.3 is 0 Å². The van der Waals surface area contributed by atoms with Gasteiger partial charge in [-0.05, 0) is 25.0 Å². The molecule has 0 aliphatic carbocycles. The number of hydrogen-bond donors (Lipinski definition) is 0. The number of rotatable bonds is 4. The van der Waals surface area contributed by atoms with Crippen molar-refractivity contribution in [3.63, 3.8) is 0 Å². The third-order valence-corrected chi connectivity index (χ3v) is 2.14. The predicted octanol–water partition coefficient (Wildman–Crippen LogP) is 2.77. The molecule has 1 aromatic rings. The van der Waals surface area contributed by atoms with Gasteiger partial charge in [0.2, 0.25) is 0 Å². The van der Waals surface area contributed by atoms with Crippen LogP contribution >= 0.6 is 0 Å². The molecule has 0 saturated heterocycles. The van der Waals surface area contributed by atoms with Gasteiger partial charge in [-0.3, -0.25) is 0 Å². The zero-order valence-electron chi connectivity index (χ0n) is 7.83. The zero-order valence-corrected chi connectivity index (χ0v) is 7.83. The minimum Gasteiger partial charge on any atom is -0.159 e. The molecule has 66 valence electrons. The predicted molar refractivity (Wildman–Crippen MR) is 50.0 cm³/mol. The van der Waals surface area contributed by atoms with E-state index in [1.165, 1.54) is 12.8 Å². The van der Waals surface area contributed by atoms with Crippen LogP contribution in [0.1, 0.15) is 44.7 Å². The second-order valence-corrected chi connectivity index (χ2v) is 3.04. The summed E-state index contributed by atoms with van der Waals surface area (Å²) < 4.78 is 0. The maximum absolute atomic E-state index is 4.12. The van der Waals surface area contributed by atoms with E-state index in [4.69, 9.17) is 0 Å². The summed E-state index contributed by atoms with van der Waals surface area (Å²) in [5, 5.41) is 8.00. The largest absolute Gasteiger partial charge is 0.159 e. The van der Waals surface area contributed by atoms with Gasteiger partial charge in [0.15, 0.2) is 0 Å². The summed E-state index contributed by atoms with van der Waals surface area (Å²) in [5.74, 6) is 0.601. The second-order valence-electron chi connectivity index (χ2n) is 3.04. The fourth-order valence-corrected chi connectivity index (χ4v) is 1.44. The lowest BCUT2D eigenvalue weighted by atomic mass is 9.97. The van der Waals surface area contributed by atoms with Gasteiger partial charge in [0.25, 0.3) is 0 Å². The second kappa shape index (κ2) is 4.86. The molecule has 0 saturated carbocycles. The molecule has 0 spiro atoms. The Balaban J connectivity index is 2.66. The first kappa shape index (κ1) is 9.17. The molecule has 0 aliphatic rings. The van der Waals surface area contributed by atoms with E-state index < -0.39 is 0 Å². The molecule has 0 bridgehead atoms. The van der Waals surface area contributed by atoms with Gasteiger partial charge in [0.1, 0.15) is 0 Å². The smallest absolute Gasteiger partial charge is 0.0661 e. The van der Waals surface area contributed by atoms with Crippen LogP contribution in [-0.4, -0.2) is 10.2 Å². The molecular formula is C10H16N2. The quantitative estimate of drug-likeness (QED) is 0.683. The van der Waals surface area contributed by atoms with Crippen molar-refractivity contribution < 1.29 is 0 Å². The van der Waals surface area contributed by atoms with Gasteiger partial charge in [0, 0.05) is 12.1 Å². The molecule has 1 rings (SSSR count). The number of nitrogens with zero attached hydrogens (tertiary/aromatic N) is 2. The molecular weight excluding hydrogens is 148 g/mol. The van der Waals surface area contributed by atoms with Crippen molar-refractivity contribution in [2.75, 3.05) is 0 Å². The molecule has 1 atom stereocenters. The highest BCUT2D eigenvalue weighted by molar-refractivity contribution is 5.05. The van der Waals surface area contributed by atoms with Crippen LogP contribution in [0.25, 0.3) is 0 Å². The van der Waals surface area contributed by atoms with Crippen LogP contribution in [0.15, 0.2) is 18.3 Å². The lowest BCUT2D eigenvalue weighted by Gasteiger charge is -2.11. The molecule has 2 heteroatoms. The lowest BCUT2D eigenvalue weighted by Crippen LogP contribution is -2.00. The Morgan fingerprint density at radius 3 is 2.75 bits per heavy atom. The topological polar surface area (TPSA) is 25.8 Å². The molecule has 0 fully saturated rings. The highest BCUT2D eigenvalue weighted by Crippen LogP contribution is 2.21. The minimum atomic E-state index is 0.601. The third kappa shape index (κ3) is 2.29. The van der Waals surface area contributed by atoms with Gasteiger partial charge in [0.05, 0.1) is 5.69 Å².